The van der Waals surface area contributed by atoms with Gasteiger partial charge < -0.3 is 10.3 Å². The zero-order valence-corrected chi connectivity index (χ0v) is 8.80. The lowest BCUT2D eigenvalue weighted by Gasteiger charge is -2.09. The molecule has 76 valence electrons. The highest BCUT2D eigenvalue weighted by molar-refractivity contribution is 8.00. The van der Waals surface area contributed by atoms with Gasteiger partial charge in [0.2, 0.25) is 5.91 Å². The first-order valence-electron chi connectivity index (χ1n) is 4.72. The van der Waals surface area contributed by atoms with Gasteiger partial charge in [0.1, 0.15) is 0 Å². The quantitative estimate of drug-likeness (QED) is 0.735. The van der Waals surface area contributed by atoms with Gasteiger partial charge in [0.15, 0.2) is 5.16 Å². The van der Waals surface area contributed by atoms with Crippen LogP contribution in [0, 0.1) is 0 Å². The highest BCUT2D eigenvalue weighted by atomic mass is 32.2. The summed E-state index contributed by atoms with van der Waals surface area (Å²) in [6.07, 6.45) is 5.70. The Balaban J connectivity index is 1.81. The molecule has 0 bridgehead atoms. The number of hydrogen-bond acceptors (Lipinski definition) is 3. The number of carbonyl (C=O) groups excluding carboxylic acids is 1. The van der Waals surface area contributed by atoms with E-state index in [4.69, 9.17) is 0 Å². The Hall–Kier alpha value is -0.970. The van der Waals surface area contributed by atoms with E-state index < -0.39 is 0 Å². The van der Waals surface area contributed by atoms with Crippen LogP contribution in [0.25, 0.3) is 0 Å². The van der Waals surface area contributed by atoms with Crippen molar-refractivity contribution in [2.24, 2.45) is 0 Å². The summed E-state index contributed by atoms with van der Waals surface area (Å²) in [4.78, 5) is 18.6. The Morgan fingerprint density at radius 1 is 1.79 bits per heavy atom. The van der Waals surface area contributed by atoms with Crippen LogP contribution >= 0.6 is 11.8 Å². The Labute approximate surface area is 86.9 Å². The van der Waals surface area contributed by atoms with Gasteiger partial charge in [-0.25, -0.2) is 4.98 Å². The number of amides is 1. The lowest BCUT2D eigenvalue weighted by atomic mass is 10.4. The average molecular weight is 211 g/mol. The molecule has 14 heavy (non-hydrogen) atoms. The van der Waals surface area contributed by atoms with Gasteiger partial charge in [-0.15, -0.1) is 0 Å². The smallest absolute Gasteiger partial charge is 0.233 e. The fourth-order valence-corrected chi connectivity index (χ4v) is 1.85. The predicted octanol–water partition coefficient (Wildman–Crippen LogP) is 1.17. The minimum atomic E-state index is -0.0817. The van der Waals surface area contributed by atoms with Gasteiger partial charge in [-0.3, -0.25) is 4.79 Å². The molecule has 2 N–H and O–H groups in total. The molecular weight excluding hydrogens is 198 g/mol. The maximum atomic E-state index is 11.5. The van der Waals surface area contributed by atoms with Gasteiger partial charge in [0.25, 0.3) is 0 Å². The summed E-state index contributed by atoms with van der Waals surface area (Å²) in [5, 5.41) is 3.68. The van der Waals surface area contributed by atoms with E-state index in [9.17, 15) is 4.79 Å². The van der Waals surface area contributed by atoms with Crippen LogP contribution in [0.15, 0.2) is 17.6 Å². The highest BCUT2D eigenvalue weighted by Gasteiger charge is 2.26. The normalized spacial score (nSPS) is 17.8. The molecule has 1 aromatic heterocycles. The van der Waals surface area contributed by atoms with Crippen LogP contribution in [0.5, 0.6) is 0 Å². The third-order valence-electron chi connectivity index (χ3n) is 2.05. The Kier molecular flexibility index (Phi) is 2.77. The largest absolute Gasteiger partial charge is 0.352 e. The summed E-state index contributed by atoms with van der Waals surface area (Å²) >= 11 is 1.45. The zero-order valence-electron chi connectivity index (χ0n) is 7.99. The van der Waals surface area contributed by atoms with E-state index in [0.29, 0.717) is 6.04 Å². The first-order chi connectivity index (χ1) is 6.75. The Morgan fingerprint density at radius 2 is 2.57 bits per heavy atom. The molecule has 1 amide bonds. The molecule has 4 nitrogen and oxygen atoms in total. The van der Waals surface area contributed by atoms with Crippen molar-refractivity contribution in [1.29, 1.82) is 0 Å². The molecule has 1 aliphatic carbocycles. The maximum absolute atomic E-state index is 11.5. The van der Waals surface area contributed by atoms with Crippen molar-refractivity contribution >= 4 is 17.7 Å². The van der Waals surface area contributed by atoms with Crippen LogP contribution in [-0.4, -0.2) is 27.2 Å². The third kappa shape index (κ3) is 2.51. The summed E-state index contributed by atoms with van der Waals surface area (Å²) in [6.45, 7) is 1.89. The van der Waals surface area contributed by atoms with Crippen LogP contribution in [-0.2, 0) is 4.79 Å². The number of hydrogen-bond donors (Lipinski definition) is 2. The third-order valence-corrected chi connectivity index (χ3v) is 3.07. The van der Waals surface area contributed by atoms with Crippen molar-refractivity contribution in [1.82, 2.24) is 15.3 Å². The van der Waals surface area contributed by atoms with E-state index in [1.54, 1.807) is 12.4 Å². The number of imidazole rings is 1. The summed E-state index contributed by atoms with van der Waals surface area (Å²) in [7, 11) is 0. The number of carbonyl (C=O) groups is 1. The van der Waals surface area contributed by atoms with Crippen LogP contribution in [0.2, 0.25) is 0 Å². The average Bonchev–Trinajstić information content (AvgIpc) is 2.81. The summed E-state index contributed by atoms with van der Waals surface area (Å²) in [6, 6.07) is 0.433. The minimum absolute atomic E-state index is 0.0817. The number of nitrogens with one attached hydrogen (secondary N) is 2. The maximum Gasteiger partial charge on any atom is 0.233 e. The zero-order chi connectivity index (χ0) is 9.97. The molecular formula is C9H13N3OS. The summed E-state index contributed by atoms with van der Waals surface area (Å²) in [5.74, 6) is 0.105. The van der Waals surface area contributed by atoms with Gasteiger partial charge in [-0.1, -0.05) is 11.8 Å². The second-order valence-electron chi connectivity index (χ2n) is 3.44. The molecule has 0 aromatic carbocycles. The van der Waals surface area contributed by atoms with Crippen molar-refractivity contribution < 1.29 is 4.79 Å². The van der Waals surface area contributed by atoms with E-state index in [1.807, 2.05) is 6.92 Å². The van der Waals surface area contributed by atoms with E-state index in [-0.39, 0.29) is 11.2 Å². The number of nitrogens with zero attached hydrogens (tertiary/aromatic N) is 1. The summed E-state index contributed by atoms with van der Waals surface area (Å²) < 4.78 is 0. The monoisotopic (exact) mass is 211 g/mol. The van der Waals surface area contributed by atoms with Crippen LogP contribution < -0.4 is 5.32 Å². The molecule has 2 rings (SSSR count). The van der Waals surface area contributed by atoms with Gasteiger partial charge in [-0.05, 0) is 19.8 Å². The lowest BCUT2D eigenvalue weighted by Crippen LogP contribution is -2.32. The van der Waals surface area contributed by atoms with Crippen molar-refractivity contribution in [3.8, 4) is 0 Å². The van der Waals surface area contributed by atoms with Crippen molar-refractivity contribution in [3.63, 3.8) is 0 Å². The van der Waals surface area contributed by atoms with Crippen LogP contribution in [0.4, 0.5) is 0 Å². The SMILES string of the molecule is C[C@@H](Sc1ncc[nH]1)C(=O)NC1CC1. The molecule has 1 aromatic rings. The predicted molar refractivity (Wildman–Crippen MR) is 55.1 cm³/mol. The molecule has 5 heteroatoms. The van der Waals surface area contributed by atoms with E-state index >= 15 is 0 Å². The number of rotatable bonds is 4. The highest BCUT2D eigenvalue weighted by Crippen LogP contribution is 2.22. The number of aromatic nitrogens is 2. The molecule has 1 fully saturated rings. The Bertz CT molecular complexity index is 308. The molecule has 0 spiro atoms. The van der Waals surface area contributed by atoms with Crippen molar-refractivity contribution in [2.75, 3.05) is 0 Å². The molecule has 0 aliphatic heterocycles. The standard InChI is InChI=1S/C9H13N3OS/c1-6(8(13)12-7-2-3-7)14-9-10-4-5-11-9/h4-7H,2-3H2,1H3,(H,10,11)(H,12,13)/t6-/m1/s1. The fraction of sp³-hybridized carbons (Fsp3) is 0.556. The van der Waals surface area contributed by atoms with Gasteiger partial charge in [-0.2, -0.15) is 0 Å². The van der Waals surface area contributed by atoms with Gasteiger partial charge in [0.05, 0.1) is 5.25 Å². The lowest BCUT2D eigenvalue weighted by molar-refractivity contribution is -0.120. The molecule has 0 radical (unpaired) electrons. The first kappa shape index (κ1) is 9.58. The van der Waals surface area contributed by atoms with E-state index in [1.165, 1.54) is 11.8 Å². The molecule has 0 saturated heterocycles. The molecule has 0 unspecified atom stereocenters. The molecule has 1 heterocycles. The fourth-order valence-electron chi connectivity index (χ4n) is 1.08. The number of thioether (sulfide) groups is 1. The van der Waals surface area contributed by atoms with Crippen molar-refractivity contribution in [3.05, 3.63) is 12.4 Å². The second kappa shape index (κ2) is 4.04. The molecule has 1 aliphatic rings. The topological polar surface area (TPSA) is 57.8 Å². The van der Waals surface area contributed by atoms with Gasteiger partial charge in [0, 0.05) is 18.4 Å². The number of H-pyrrole nitrogens is 1. The minimum Gasteiger partial charge on any atom is -0.352 e. The second-order valence-corrected chi connectivity index (χ2v) is 4.77. The first-order valence-corrected chi connectivity index (χ1v) is 5.60. The number of aromatic amines is 1. The van der Waals surface area contributed by atoms with E-state index in [0.717, 1.165) is 18.0 Å². The van der Waals surface area contributed by atoms with E-state index in [2.05, 4.69) is 15.3 Å². The van der Waals surface area contributed by atoms with Crippen LogP contribution in [0.1, 0.15) is 19.8 Å². The van der Waals surface area contributed by atoms with Crippen molar-refractivity contribution in [2.45, 2.75) is 36.2 Å². The van der Waals surface area contributed by atoms with Gasteiger partial charge >= 0.3 is 0 Å². The molecule has 1 atom stereocenters. The molecule has 1 saturated carbocycles. The Morgan fingerprint density at radius 3 is 3.14 bits per heavy atom. The van der Waals surface area contributed by atoms with Crippen LogP contribution in [0.3, 0.4) is 0 Å². The summed E-state index contributed by atoms with van der Waals surface area (Å²) in [5.41, 5.74) is 0.